The number of benzene rings is 1. The van der Waals surface area contributed by atoms with Crippen LogP contribution in [-0.4, -0.2) is 38.5 Å². The van der Waals surface area contributed by atoms with Gasteiger partial charge in [0.25, 0.3) is 0 Å². The fraction of sp³-hybridized carbons (Fsp3) is 0.500. The quantitative estimate of drug-likeness (QED) is 0.852. The van der Waals surface area contributed by atoms with E-state index in [2.05, 4.69) is 0 Å². The number of carboxylic acids is 1. The molecular formula is C14H18O5. The Morgan fingerprint density at radius 1 is 1.37 bits per heavy atom. The maximum absolute atomic E-state index is 11.4. The lowest BCUT2D eigenvalue weighted by Crippen LogP contribution is -2.30. The summed E-state index contributed by atoms with van der Waals surface area (Å²) >= 11 is 0. The van der Waals surface area contributed by atoms with E-state index in [1.807, 2.05) is 0 Å². The Labute approximate surface area is 112 Å². The Kier molecular flexibility index (Phi) is 4.27. The first-order valence-electron chi connectivity index (χ1n) is 6.18. The maximum Gasteiger partial charge on any atom is 0.310 e. The van der Waals surface area contributed by atoms with Gasteiger partial charge in [0.05, 0.1) is 33.4 Å². The Morgan fingerprint density at radius 3 is 2.53 bits per heavy atom. The molecule has 0 bridgehead atoms. The highest BCUT2D eigenvalue weighted by atomic mass is 16.5. The summed E-state index contributed by atoms with van der Waals surface area (Å²) in [6.45, 7) is 1.30. The monoisotopic (exact) mass is 266 g/mol. The first-order valence-corrected chi connectivity index (χ1v) is 6.18. The van der Waals surface area contributed by atoms with Gasteiger partial charge in [-0.25, -0.2) is 0 Å². The highest BCUT2D eigenvalue weighted by Crippen LogP contribution is 2.34. The van der Waals surface area contributed by atoms with Crippen LogP contribution in [0.2, 0.25) is 0 Å². The molecule has 0 aromatic heterocycles. The number of methoxy groups -OCH3 is 2. The van der Waals surface area contributed by atoms with Crippen LogP contribution in [0.15, 0.2) is 18.2 Å². The molecule has 2 rings (SSSR count). The van der Waals surface area contributed by atoms with Gasteiger partial charge in [-0.05, 0) is 24.1 Å². The normalized spacial score (nSPS) is 16.5. The van der Waals surface area contributed by atoms with Crippen LogP contribution in [0.1, 0.15) is 17.9 Å². The number of carbonyl (C=O) groups is 1. The molecule has 0 radical (unpaired) electrons. The molecule has 1 unspecified atom stereocenters. The second kappa shape index (κ2) is 5.93. The van der Waals surface area contributed by atoms with Crippen molar-refractivity contribution in [2.45, 2.75) is 12.3 Å². The van der Waals surface area contributed by atoms with Crippen molar-refractivity contribution in [3.63, 3.8) is 0 Å². The summed E-state index contributed by atoms with van der Waals surface area (Å²) in [6.07, 6.45) is 0.588. The molecule has 1 saturated heterocycles. The predicted octanol–water partition coefficient (Wildman–Crippen LogP) is 1.91. The second-order valence-corrected chi connectivity index (χ2v) is 4.64. The zero-order valence-corrected chi connectivity index (χ0v) is 11.1. The molecule has 1 aliphatic heterocycles. The number of hydrogen-bond donors (Lipinski definition) is 1. The molecule has 1 aromatic carbocycles. The number of rotatable bonds is 6. The molecule has 5 heteroatoms. The molecule has 104 valence electrons. The van der Waals surface area contributed by atoms with E-state index < -0.39 is 11.9 Å². The molecule has 1 atom stereocenters. The van der Waals surface area contributed by atoms with Crippen molar-refractivity contribution in [1.29, 1.82) is 0 Å². The Morgan fingerprint density at radius 2 is 2.05 bits per heavy atom. The van der Waals surface area contributed by atoms with Crippen molar-refractivity contribution in [2.24, 2.45) is 5.92 Å². The maximum atomic E-state index is 11.4. The van der Waals surface area contributed by atoms with E-state index in [9.17, 15) is 9.90 Å². The Bertz CT molecular complexity index is 453. The van der Waals surface area contributed by atoms with Gasteiger partial charge in [0.1, 0.15) is 0 Å². The highest BCUT2D eigenvalue weighted by molar-refractivity contribution is 5.76. The van der Waals surface area contributed by atoms with Gasteiger partial charge in [0.15, 0.2) is 11.5 Å². The van der Waals surface area contributed by atoms with Crippen molar-refractivity contribution < 1.29 is 24.1 Å². The summed E-state index contributed by atoms with van der Waals surface area (Å²) < 4.78 is 15.5. The number of carboxylic acid groups (broad SMARTS) is 1. The van der Waals surface area contributed by atoms with Crippen LogP contribution in [0.4, 0.5) is 0 Å². The molecule has 5 nitrogen and oxygen atoms in total. The third kappa shape index (κ3) is 2.98. The zero-order valence-electron chi connectivity index (χ0n) is 11.1. The van der Waals surface area contributed by atoms with E-state index in [0.717, 1.165) is 5.56 Å². The molecule has 1 N–H and O–H groups in total. The smallest absolute Gasteiger partial charge is 0.310 e. The minimum absolute atomic E-state index is 0.328. The van der Waals surface area contributed by atoms with Crippen molar-refractivity contribution in [3.05, 3.63) is 23.8 Å². The summed E-state index contributed by atoms with van der Waals surface area (Å²) in [5, 5.41) is 9.37. The summed E-state index contributed by atoms with van der Waals surface area (Å²) in [5.41, 5.74) is 0.733. The van der Waals surface area contributed by atoms with Crippen molar-refractivity contribution in [3.8, 4) is 11.5 Å². The van der Waals surface area contributed by atoms with Crippen LogP contribution >= 0.6 is 0 Å². The van der Waals surface area contributed by atoms with E-state index in [1.54, 1.807) is 25.3 Å². The Hall–Kier alpha value is -1.75. The summed E-state index contributed by atoms with van der Waals surface area (Å²) in [7, 11) is 3.09. The van der Waals surface area contributed by atoms with E-state index in [4.69, 9.17) is 14.2 Å². The van der Waals surface area contributed by atoms with Crippen molar-refractivity contribution in [2.75, 3.05) is 27.4 Å². The summed E-state index contributed by atoms with van der Waals surface area (Å²) in [6, 6.07) is 5.25. The molecule has 1 fully saturated rings. The molecule has 0 aliphatic carbocycles. The molecule has 1 aliphatic rings. The minimum atomic E-state index is -0.820. The fourth-order valence-electron chi connectivity index (χ4n) is 2.20. The lowest BCUT2D eigenvalue weighted by molar-refractivity contribution is -0.140. The third-order valence-electron chi connectivity index (χ3n) is 3.38. The molecule has 0 saturated carbocycles. The molecule has 0 spiro atoms. The van der Waals surface area contributed by atoms with Gasteiger partial charge in [0.2, 0.25) is 0 Å². The van der Waals surface area contributed by atoms with Gasteiger partial charge >= 0.3 is 5.97 Å². The molecule has 1 heterocycles. The van der Waals surface area contributed by atoms with E-state index in [0.29, 0.717) is 37.1 Å². The molecular weight excluding hydrogens is 248 g/mol. The minimum Gasteiger partial charge on any atom is -0.493 e. The topological polar surface area (TPSA) is 65.0 Å². The molecule has 1 aromatic rings. The SMILES string of the molecule is COc1ccc(C(CC2COC2)C(=O)O)cc1OC. The van der Waals surface area contributed by atoms with Gasteiger partial charge < -0.3 is 19.3 Å². The average Bonchev–Trinajstić information content (AvgIpc) is 2.36. The largest absolute Gasteiger partial charge is 0.493 e. The Balaban J connectivity index is 2.22. The number of ether oxygens (including phenoxy) is 3. The summed E-state index contributed by atoms with van der Waals surface area (Å²) in [4.78, 5) is 11.4. The van der Waals surface area contributed by atoms with Crippen LogP contribution in [0.25, 0.3) is 0 Å². The van der Waals surface area contributed by atoms with Crippen molar-refractivity contribution >= 4 is 5.97 Å². The third-order valence-corrected chi connectivity index (χ3v) is 3.38. The number of aliphatic carboxylic acids is 1. The van der Waals surface area contributed by atoms with Crippen LogP contribution in [0, 0.1) is 5.92 Å². The first-order chi connectivity index (χ1) is 9.15. The van der Waals surface area contributed by atoms with Crippen molar-refractivity contribution in [1.82, 2.24) is 0 Å². The molecule has 0 amide bonds. The number of hydrogen-bond acceptors (Lipinski definition) is 4. The van der Waals surface area contributed by atoms with Crippen LogP contribution < -0.4 is 9.47 Å². The van der Waals surface area contributed by atoms with Gasteiger partial charge in [-0.3, -0.25) is 4.79 Å². The average molecular weight is 266 g/mol. The van der Waals surface area contributed by atoms with Crippen LogP contribution in [0.3, 0.4) is 0 Å². The zero-order chi connectivity index (χ0) is 13.8. The summed E-state index contributed by atoms with van der Waals surface area (Å²) in [5.74, 6) is 0.125. The van der Waals surface area contributed by atoms with E-state index in [-0.39, 0.29) is 0 Å². The van der Waals surface area contributed by atoms with Crippen LogP contribution in [-0.2, 0) is 9.53 Å². The van der Waals surface area contributed by atoms with Crippen LogP contribution in [0.5, 0.6) is 11.5 Å². The lowest BCUT2D eigenvalue weighted by atomic mass is 9.88. The van der Waals surface area contributed by atoms with Gasteiger partial charge in [-0.2, -0.15) is 0 Å². The van der Waals surface area contributed by atoms with E-state index in [1.165, 1.54) is 7.11 Å². The lowest BCUT2D eigenvalue weighted by Gasteiger charge is -2.28. The van der Waals surface area contributed by atoms with E-state index >= 15 is 0 Å². The predicted molar refractivity (Wildman–Crippen MR) is 68.8 cm³/mol. The standard InChI is InChI=1S/C14H18O5/c1-17-12-4-3-10(6-13(12)18-2)11(14(15)16)5-9-7-19-8-9/h3-4,6,9,11H,5,7-8H2,1-2H3,(H,15,16). The fourth-order valence-corrected chi connectivity index (χ4v) is 2.20. The first kappa shape index (κ1) is 13.7. The van der Waals surface area contributed by atoms with Gasteiger partial charge in [0, 0.05) is 5.92 Å². The van der Waals surface area contributed by atoms with Gasteiger partial charge in [-0.15, -0.1) is 0 Å². The molecule has 19 heavy (non-hydrogen) atoms. The van der Waals surface area contributed by atoms with Gasteiger partial charge in [-0.1, -0.05) is 6.07 Å². The second-order valence-electron chi connectivity index (χ2n) is 4.64. The highest BCUT2D eigenvalue weighted by Gasteiger charge is 2.29.